The van der Waals surface area contributed by atoms with Crippen LogP contribution in [0.2, 0.25) is 5.02 Å². The zero-order valence-electron chi connectivity index (χ0n) is 17.9. The number of halogens is 1. The van der Waals surface area contributed by atoms with Gasteiger partial charge in [-0.15, -0.1) is 0 Å². The van der Waals surface area contributed by atoms with Crippen molar-refractivity contribution in [3.63, 3.8) is 0 Å². The third kappa shape index (κ3) is 5.71. The van der Waals surface area contributed by atoms with E-state index < -0.39 is 20.0 Å². The highest BCUT2D eigenvalue weighted by Gasteiger charge is 2.27. The van der Waals surface area contributed by atoms with Gasteiger partial charge in [0, 0.05) is 43.4 Å². The number of hydrogen-bond donors (Lipinski definition) is 0. The Labute approximate surface area is 190 Å². The van der Waals surface area contributed by atoms with Crippen LogP contribution in [0.15, 0.2) is 53.4 Å². The third-order valence-electron chi connectivity index (χ3n) is 5.12. The minimum absolute atomic E-state index is 0.124. The average molecular weight is 486 g/mol. The van der Waals surface area contributed by atoms with Crippen molar-refractivity contribution in [1.29, 1.82) is 0 Å². The van der Waals surface area contributed by atoms with Crippen LogP contribution in [-0.2, 0) is 20.0 Å². The molecular formula is C21H28ClN3O4S2. The van der Waals surface area contributed by atoms with Crippen LogP contribution in [-0.4, -0.2) is 60.1 Å². The fourth-order valence-corrected chi connectivity index (χ4v) is 6.17. The van der Waals surface area contributed by atoms with Crippen molar-refractivity contribution in [3.8, 4) is 0 Å². The Morgan fingerprint density at radius 2 is 1.58 bits per heavy atom. The van der Waals surface area contributed by atoms with E-state index in [0.717, 1.165) is 5.69 Å². The maximum atomic E-state index is 13.4. The molecule has 0 aliphatic carbocycles. The highest BCUT2D eigenvalue weighted by Crippen LogP contribution is 2.28. The molecule has 0 bridgehead atoms. The molecule has 0 amide bonds. The Bertz CT molecular complexity index is 1110. The van der Waals surface area contributed by atoms with Gasteiger partial charge in [-0.2, -0.15) is 4.31 Å². The van der Waals surface area contributed by atoms with E-state index in [1.807, 2.05) is 13.8 Å². The second kappa shape index (κ2) is 9.36. The smallest absolute Gasteiger partial charge is 0.264 e. The number of benzene rings is 2. The molecule has 3 rings (SSSR count). The first-order valence-corrected chi connectivity index (χ1v) is 13.7. The first-order chi connectivity index (χ1) is 14.5. The van der Waals surface area contributed by atoms with E-state index in [0.29, 0.717) is 43.4 Å². The Balaban J connectivity index is 1.83. The van der Waals surface area contributed by atoms with Gasteiger partial charge in [-0.25, -0.2) is 16.8 Å². The maximum Gasteiger partial charge on any atom is 0.264 e. The number of anilines is 2. The summed E-state index contributed by atoms with van der Waals surface area (Å²) < 4.78 is 53.1. The molecule has 1 aliphatic heterocycles. The van der Waals surface area contributed by atoms with Crippen molar-refractivity contribution >= 4 is 43.0 Å². The Kier molecular flexibility index (Phi) is 7.20. The van der Waals surface area contributed by atoms with E-state index in [9.17, 15) is 16.8 Å². The van der Waals surface area contributed by atoms with Crippen LogP contribution in [0.25, 0.3) is 0 Å². The zero-order valence-corrected chi connectivity index (χ0v) is 20.3. The number of sulfonamides is 2. The van der Waals surface area contributed by atoms with E-state index in [4.69, 9.17) is 11.6 Å². The van der Waals surface area contributed by atoms with Crippen molar-refractivity contribution in [2.45, 2.75) is 18.7 Å². The first-order valence-electron chi connectivity index (χ1n) is 10.1. The molecule has 0 radical (unpaired) electrons. The highest BCUT2D eigenvalue weighted by atomic mass is 35.5. The quantitative estimate of drug-likeness (QED) is 0.601. The van der Waals surface area contributed by atoms with E-state index in [-0.39, 0.29) is 10.8 Å². The van der Waals surface area contributed by atoms with Gasteiger partial charge in [-0.1, -0.05) is 31.5 Å². The predicted molar refractivity (Wildman–Crippen MR) is 126 cm³/mol. The lowest BCUT2D eigenvalue weighted by Crippen LogP contribution is -2.48. The van der Waals surface area contributed by atoms with Crippen LogP contribution < -0.4 is 9.21 Å². The van der Waals surface area contributed by atoms with Gasteiger partial charge in [-0.3, -0.25) is 4.31 Å². The van der Waals surface area contributed by atoms with Crippen LogP contribution >= 0.6 is 11.6 Å². The van der Waals surface area contributed by atoms with Crippen LogP contribution in [0.5, 0.6) is 0 Å². The maximum absolute atomic E-state index is 13.4. The van der Waals surface area contributed by atoms with E-state index in [1.54, 1.807) is 48.5 Å². The molecule has 0 spiro atoms. The molecule has 7 nitrogen and oxygen atoms in total. The van der Waals surface area contributed by atoms with Crippen LogP contribution in [0.3, 0.4) is 0 Å². The van der Waals surface area contributed by atoms with Gasteiger partial charge in [0.2, 0.25) is 10.0 Å². The fraction of sp³-hybridized carbons (Fsp3) is 0.429. The summed E-state index contributed by atoms with van der Waals surface area (Å²) in [6.45, 7) is 6.20. The van der Waals surface area contributed by atoms with Crippen molar-refractivity contribution in [2.75, 3.05) is 48.2 Å². The topological polar surface area (TPSA) is 78.0 Å². The molecule has 0 unspecified atom stereocenters. The number of hydrogen-bond acceptors (Lipinski definition) is 5. The lowest BCUT2D eigenvalue weighted by molar-refractivity contribution is 0.388. The number of rotatable bonds is 7. The summed E-state index contributed by atoms with van der Waals surface area (Å²) in [5.41, 5.74) is 1.40. The normalized spacial score (nSPS) is 16.0. The van der Waals surface area contributed by atoms with Crippen LogP contribution in [0.1, 0.15) is 13.8 Å². The Morgan fingerprint density at radius 3 is 2.10 bits per heavy atom. The molecule has 1 heterocycles. The van der Waals surface area contributed by atoms with Crippen molar-refractivity contribution in [2.24, 2.45) is 5.92 Å². The summed E-state index contributed by atoms with van der Waals surface area (Å²) in [6, 6.07) is 13.6. The Hall–Kier alpha value is -1.81. The molecule has 1 fully saturated rings. The molecule has 170 valence electrons. The van der Waals surface area contributed by atoms with E-state index in [2.05, 4.69) is 4.90 Å². The molecule has 1 saturated heterocycles. The highest BCUT2D eigenvalue weighted by molar-refractivity contribution is 7.92. The molecular weight excluding hydrogens is 458 g/mol. The van der Waals surface area contributed by atoms with Crippen LogP contribution in [0, 0.1) is 5.92 Å². The molecule has 0 aromatic heterocycles. The van der Waals surface area contributed by atoms with Gasteiger partial charge in [0.05, 0.1) is 16.8 Å². The van der Waals surface area contributed by atoms with E-state index in [1.165, 1.54) is 14.9 Å². The molecule has 2 aromatic carbocycles. The largest absolute Gasteiger partial charge is 0.369 e. The number of piperazine rings is 1. The Morgan fingerprint density at radius 1 is 0.968 bits per heavy atom. The molecule has 31 heavy (non-hydrogen) atoms. The molecule has 2 aromatic rings. The van der Waals surface area contributed by atoms with Gasteiger partial charge < -0.3 is 4.90 Å². The second-order valence-electron chi connectivity index (χ2n) is 8.05. The molecule has 10 heteroatoms. The summed E-state index contributed by atoms with van der Waals surface area (Å²) in [5.74, 6) is 0.124. The van der Waals surface area contributed by atoms with Gasteiger partial charge in [0.15, 0.2) is 0 Å². The van der Waals surface area contributed by atoms with Crippen molar-refractivity contribution in [3.05, 3.63) is 53.6 Å². The van der Waals surface area contributed by atoms with Gasteiger partial charge in [0.25, 0.3) is 10.0 Å². The first kappa shape index (κ1) is 23.8. The van der Waals surface area contributed by atoms with E-state index >= 15 is 0 Å². The lowest BCUT2D eigenvalue weighted by atomic mass is 10.2. The summed E-state index contributed by atoms with van der Waals surface area (Å²) >= 11 is 6.10. The average Bonchev–Trinajstić information content (AvgIpc) is 2.71. The lowest BCUT2D eigenvalue weighted by Gasteiger charge is -2.34. The molecule has 0 saturated carbocycles. The molecule has 0 atom stereocenters. The number of nitrogens with zero attached hydrogens (tertiary/aromatic N) is 3. The zero-order chi connectivity index (χ0) is 22.8. The minimum Gasteiger partial charge on any atom is -0.369 e. The van der Waals surface area contributed by atoms with Gasteiger partial charge >= 0.3 is 0 Å². The third-order valence-corrected chi connectivity index (χ3v) is 8.47. The van der Waals surface area contributed by atoms with Gasteiger partial charge in [0.1, 0.15) is 0 Å². The van der Waals surface area contributed by atoms with Gasteiger partial charge in [-0.05, 0) is 48.4 Å². The monoisotopic (exact) mass is 485 g/mol. The molecule has 1 aliphatic rings. The predicted octanol–water partition coefficient (Wildman–Crippen LogP) is 3.27. The summed E-state index contributed by atoms with van der Waals surface area (Å²) in [6.07, 6.45) is 1.21. The van der Waals surface area contributed by atoms with Crippen LogP contribution in [0.4, 0.5) is 11.4 Å². The molecule has 0 N–H and O–H groups in total. The SMILES string of the molecule is CC(C)CN(c1cccc(Cl)c1)S(=O)(=O)c1ccc(N2CCN(S(C)(=O)=O)CC2)cc1. The fourth-order valence-electron chi connectivity index (χ4n) is 3.54. The summed E-state index contributed by atoms with van der Waals surface area (Å²) in [4.78, 5) is 2.26. The summed E-state index contributed by atoms with van der Waals surface area (Å²) in [5, 5.41) is 0.477. The second-order valence-corrected chi connectivity index (χ2v) is 12.3. The van der Waals surface area contributed by atoms with Crippen molar-refractivity contribution in [1.82, 2.24) is 4.31 Å². The minimum atomic E-state index is -3.77. The standard InChI is InChI=1S/C21H28ClN3O4S2/c1-17(2)16-25(20-6-4-5-18(22)15-20)31(28,29)21-9-7-19(8-10-21)23-11-13-24(14-12-23)30(3,26)27/h4-10,15,17H,11-14,16H2,1-3H3. The summed E-state index contributed by atoms with van der Waals surface area (Å²) in [7, 11) is -6.97. The van der Waals surface area contributed by atoms with Crippen molar-refractivity contribution < 1.29 is 16.8 Å².